The summed E-state index contributed by atoms with van der Waals surface area (Å²) >= 11 is 3.66. The van der Waals surface area contributed by atoms with Gasteiger partial charge >= 0.3 is 0 Å². The van der Waals surface area contributed by atoms with E-state index in [1.54, 1.807) is 0 Å². The molecular formula is C19H22BrN2OP. The fraction of sp³-hybridized carbons (Fsp3) is 0.368. The van der Waals surface area contributed by atoms with Crippen LogP contribution in [0.25, 0.3) is 0 Å². The van der Waals surface area contributed by atoms with Crippen molar-refractivity contribution in [2.45, 2.75) is 25.0 Å². The van der Waals surface area contributed by atoms with Gasteiger partial charge in [0.05, 0.1) is 6.10 Å². The second-order valence-corrected chi connectivity index (χ2v) is 8.65. The lowest BCUT2D eigenvalue weighted by molar-refractivity contribution is 0.239. The molecule has 0 aliphatic carbocycles. The molecule has 126 valence electrons. The van der Waals surface area contributed by atoms with Crippen molar-refractivity contribution in [3.05, 3.63) is 66.2 Å². The zero-order valence-corrected chi connectivity index (χ0v) is 16.1. The van der Waals surface area contributed by atoms with Crippen LogP contribution in [0.2, 0.25) is 0 Å². The quantitative estimate of drug-likeness (QED) is 0.493. The van der Waals surface area contributed by atoms with Crippen LogP contribution in [0.3, 0.4) is 0 Å². The zero-order chi connectivity index (χ0) is 16.4. The van der Waals surface area contributed by atoms with Crippen LogP contribution in [0.5, 0.6) is 0 Å². The average Bonchev–Trinajstić information content (AvgIpc) is 3.23. The van der Waals surface area contributed by atoms with Crippen LogP contribution < -0.4 is 4.67 Å². The monoisotopic (exact) mass is 404 g/mol. The molecule has 2 saturated heterocycles. The van der Waals surface area contributed by atoms with Gasteiger partial charge in [-0.2, -0.15) is 0 Å². The Morgan fingerprint density at radius 3 is 2.50 bits per heavy atom. The first-order chi connectivity index (χ1) is 11.9. The highest BCUT2D eigenvalue weighted by molar-refractivity contribution is 9.09. The Bertz CT molecular complexity index is 657. The van der Waals surface area contributed by atoms with E-state index >= 15 is 0 Å². The molecule has 0 saturated carbocycles. The van der Waals surface area contributed by atoms with Crippen LogP contribution in [0.4, 0.5) is 5.69 Å². The molecule has 2 aromatic carbocycles. The van der Waals surface area contributed by atoms with Crippen molar-refractivity contribution in [1.82, 2.24) is 4.67 Å². The van der Waals surface area contributed by atoms with Crippen molar-refractivity contribution in [3.8, 4) is 0 Å². The molecule has 0 amide bonds. The third-order valence-corrected chi connectivity index (χ3v) is 7.55. The van der Waals surface area contributed by atoms with E-state index < -0.39 is 8.45 Å². The fourth-order valence-corrected chi connectivity index (χ4v) is 6.61. The van der Waals surface area contributed by atoms with Crippen LogP contribution >= 0.6 is 24.4 Å². The lowest BCUT2D eigenvalue weighted by atomic mass is 10.1. The molecule has 0 spiro atoms. The van der Waals surface area contributed by atoms with E-state index in [2.05, 4.69) is 85.9 Å². The minimum absolute atomic E-state index is 0.0860. The first kappa shape index (κ1) is 16.5. The number of para-hydroxylation sites is 1. The SMILES string of the molecule is BrCC(OP1N(c2ccccc2)CC2CCCN21)c1ccccc1. The van der Waals surface area contributed by atoms with Gasteiger partial charge in [0.25, 0.3) is 0 Å². The lowest BCUT2D eigenvalue weighted by Crippen LogP contribution is -2.20. The molecule has 5 heteroatoms. The van der Waals surface area contributed by atoms with Gasteiger partial charge in [-0.1, -0.05) is 64.5 Å². The largest absolute Gasteiger partial charge is 0.318 e. The number of halogens is 1. The zero-order valence-electron chi connectivity index (χ0n) is 13.6. The summed E-state index contributed by atoms with van der Waals surface area (Å²) in [6.45, 7) is 2.24. The van der Waals surface area contributed by atoms with E-state index in [1.165, 1.54) is 24.1 Å². The molecule has 0 bridgehead atoms. The Balaban J connectivity index is 1.60. The summed E-state index contributed by atoms with van der Waals surface area (Å²) in [4.78, 5) is 0. The number of hydrogen-bond donors (Lipinski definition) is 0. The average molecular weight is 405 g/mol. The second-order valence-electron chi connectivity index (χ2n) is 6.29. The standard InChI is InChI=1S/C19H22BrN2OP/c20-14-19(16-8-3-1-4-9-16)23-24-21-13-7-12-18(21)15-22(24)17-10-5-2-6-11-17/h1-6,8-11,18-19H,7,12-15H2. The summed E-state index contributed by atoms with van der Waals surface area (Å²) in [5.41, 5.74) is 2.52. The van der Waals surface area contributed by atoms with Gasteiger partial charge in [0.15, 0.2) is 0 Å². The van der Waals surface area contributed by atoms with Crippen LogP contribution in [-0.2, 0) is 4.52 Å². The molecule has 24 heavy (non-hydrogen) atoms. The molecule has 2 heterocycles. The van der Waals surface area contributed by atoms with Crippen molar-refractivity contribution in [2.75, 3.05) is 23.1 Å². The van der Waals surface area contributed by atoms with Crippen molar-refractivity contribution >= 4 is 30.1 Å². The maximum atomic E-state index is 6.70. The van der Waals surface area contributed by atoms with Gasteiger partial charge in [-0.25, -0.2) is 4.67 Å². The minimum Gasteiger partial charge on any atom is -0.318 e. The second kappa shape index (κ2) is 7.53. The number of benzene rings is 2. The summed E-state index contributed by atoms with van der Waals surface area (Å²) < 4.78 is 11.8. The summed E-state index contributed by atoms with van der Waals surface area (Å²) in [6.07, 6.45) is 2.67. The molecule has 4 rings (SSSR count). The van der Waals surface area contributed by atoms with Crippen LogP contribution in [0, 0.1) is 0 Å². The Morgan fingerprint density at radius 1 is 1.08 bits per heavy atom. The van der Waals surface area contributed by atoms with E-state index in [9.17, 15) is 0 Å². The normalized spacial score (nSPS) is 25.0. The number of anilines is 1. The van der Waals surface area contributed by atoms with Crippen LogP contribution in [0.1, 0.15) is 24.5 Å². The highest BCUT2D eigenvalue weighted by Crippen LogP contribution is 2.59. The van der Waals surface area contributed by atoms with Gasteiger partial charge < -0.3 is 9.19 Å². The predicted molar refractivity (Wildman–Crippen MR) is 104 cm³/mol. The van der Waals surface area contributed by atoms with E-state index in [0.717, 1.165) is 18.4 Å². The highest BCUT2D eigenvalue weighted by atomic mass is 79.9. The minimum atomic E-state index is -0.757. The van der Waals surface area contributed by atoms with Gasteiger partial charge in [0.2, 0.25) is 8.45 Å². The van der Waals surface area contributed by atoms with Crippen molar-refractivity contribution < 1.29 is 4.52 Å². The smallest absolute Gasteiger partial charge is 0.219 e. The van der Waals surface area contributed by atoms with Gasteiger partial charge in [-0.15, -0.1) is 0 Å². The molecule has 3 atom stereocenters. The van der Waals surface area contributed by atoms with E-state index in [-0.39, 0.29) is 6.10 Å². The number of hydrogen-bond acceptors (Lipinski definition) is 3. The van der Waals surface area contributed by atoms with Crippen molar-refractivity contribution in [2.24, 2.45) is 0 Å². The highest BCUT2D eigenvalue weighted by Gasteiger charge is 2.45. The van der Waals surface area contributed by atoms with Gasteiger partial charge in [-0.05, 0) is 30.5 Å². The molecule has 2 aliphatic rings. The molecule has 3 unspecified atom stereocenters. The Morgan fingerprint density at radius 2 is 1.79 bits per heavy atom. The third kappa shape index (κ3) is 3.25. The Labute approximate surface area is 153 Å². The summed E-state index contributed by atoms with van der Waals surface area (Å²) in [6, 6.07) is 21.9. The molecule has 2 aliphatic heterocycles. The molecule has 0 aromatic heterocycles. The first-order valence-electron chi connectivity index (χ1n) is 8.53. The number of fused-ring (bicyclic) bond motifs is 1. The maximum Gasteiger partial charge on any atom is 0.219 e. The Kier molecular flexibility index (Phi) is 5.19. The Hall–Kier alpha value is -0.930. The molecule has 3 nitrogen and oxygen atoms in total. The van der Waals surface area contributed by atoms with Crippen LogP contribution in [0.15, 0.2) is 60.7 Å². The van der Waals surface area contributed by atoms with Crippen molar-refractivity contribution in [1.29, 1.82) is 0 Å². The van der Waals surface area contributed by atoms with Gasteiger partial charge in [0, 0.05) is 30.1 Å². The first-order valence-corrected chi connectivity index (χ1v) is 10.8. The topological polar surface area (TPSA) is 15.7 Å². The van der Waals surface area contributed by atoms with Gasteiger partial charge in [0.1, 0.15) is 0 Å². The molecule has 2 aromatic rings. The fourth-order valence-electron chi connectivity index (χ4n) is 3.52. The molecule has 0 N–H and O–H groups in total. The summed E-state index contributed by atoms with van der Waals surface area (Å²) in [7, 11) is -0.757. The predicted octanol–water partition coefficient (Wildman–Crippen LogP) is 5.35. The summed E-state index contributed by atoms with van der Waals surface area (Å²) in [5.74, 6) is 0. The van der Waals surface area contributed by atoms with E-state index in [0.29, 0.717) is 6.04 Å². The van der Waals surface area contributed by atoms with Crippen molar-refractivity contribution in [3.63, 3.8) is 0 Å². The molecule has 0 radical (unpaired) electrons. The number of alkyl halides is 1. The third-order valence-electron chi connectivity index (χ3n) is 4.74. The molecule has 2 fully saturated rings. The summed E-state index contributed by atoms with van der Waals surface area (Å²) in [5, 5.41) is 0.816. The lowest BCUT2D eigenvalue weighted by Gasteiger charge is -2.32. The van der Waals surface area contributed by atoms with Gasteiger partial charge in [-0.3, -0.25) is 0 Å². The van der Waals surface area contributed by atoms with E-state index in [1.807, 2.05) is 0 Å². The van der Waals surface area contributed by atoms with E-state index in [4.69, 9.17) is 4.52 Å². The molecular weight excluding hydrogens is 383 g/mol. The maximum absolute atomic E-state index is 6.70. The number of rotatable bonds is 5. The number of nitrogens with zero attached hydrogens (tertiary/aromatic N) is 2. The van der Waals surface area contributed by atoms with Crippen LogP contribution in [-0.4, -0.2) is 29.1 Å².